The Hall–Kier alpha value is -4.47. The average molecular weight is 547 g/mol. The van der Waals surface area contributed by atoms with Crippen LogP contribution in [-0.2, 0) is 4.74 Å². The van der Waals surface area contributed by atoms with Crippen molar-refractivity contribution in [3.8, 4) is 0 Å². The second-order valence-corrected chi connectivity index (χ2v) is 9.97. The molecule has 0 radical (unpaired) electrons. The van der Waals surface area contributed by atoms with Crippen LogP contribution in [0.4, 0.5) is 5.69 Å². The number of aliphatic hydroxyl groups excluding tert-OH is 4. The lowest BCUT2D eigenvalue weighted by Crippen LogP contribution is -2.56. The second kappa shape index (κ2) is 8.27. The molecule has 1 fully saturated rings. The van der Waals surface area contributed by atoms with Crippen LogP contribution in [0.5, 0.6) is 0 Å². The number of nitro benzene ring substituents is 1. The standard InChI is InChI=1S/C26H21N5O9/c1-29-24(36)16-14-11-7-9(31(38)39)4-5-12(11)28-18(14)19-15(17(16)25(29)37)10-3-2-6-27-23(10)30(19)26-22(35)21(34)20(33)13(8-32)40-26/h2-7,13,20-22,26,28,32-35H,8H2,1H3/t13-,20-,21+,22-,26-/m1/s1. The number of H-pyrrole nitrogens is 1. The van der Waals surface area contributed by atoms with E-state index in [1.165, 1.54) is 36.0 Å². The number of benzene rings is 2. The zero-order chi connectivity index (χ0) is 28.2. The molecular weight excluding hydrogens is 526 g/mol. The number of imide groups is 1. The maximum absolute atomic E-state index is 13.6. The molecule has 0 aliphatic carbocycles. The van der Waals surface area contributed by atoms with Gasteiger partial charge >= 0.3 is 0 Å². The van der Waals surface area contributed by atoms with Crippen LogP contribution in [0.15, 0.2) is 36.5 Å². The van der Waals surface area contributed by atoms with E-state index in [4.69, 9.17) is 4.74 Å². The lowest BCUT2D eigenvalue weighted by Gasteiger charge is -2.40. The first-order valence-electron chi connectivity index (χ1n) is 12.3. The first kappa shape index (κ1) is 24.6. The van der Waals surface area contributed by atoms with E-state index in [1.807, 2.05) is 0 Å². The minimum atomic E-state index is -1.70. The van der Waals surface area contributed by atoms with E-state index in [0.29, 0.717) is 27.2 Å². The van der Waals surface area contributed by atoms with Gasteiger partial charge in [0, 0.05) is 52.4 Å². The van der Waals surface area contributed by atoms with Crippen LogP contribution < -0.4 is 0 Å². The van der Waals surface area contributed by atoms with Gasteiger partial charge < -0.3 is 30.1 Å². The molecule has 0 unspecified atom stereocenters. The van der Waals surface area contributed by atoms with Gasteiger partial charge in [-0.3, -0.25) is 29.2 Å². The summed E-state index contributed by atoms with van der Waals surface area (Å²) in [7, 11) is 1.34. The summed E-state index contributed by atoms with van der Waals surface area (Å²) < 4.78 is 7.35. The monoisotopic (exact) mass is 547 g/mol. The highest BCUT2D eigenvalue weighted by Crippen LogP contribution is 2.47. The van der Waals surface area contributed by atoms with Gasteiger partial charge in [-0.1, -0.05) is 0 Å². The van der Waals surface area contributed by atoms with E-state index in [0.717, 1.165) is 4.90 Å². The molecule has 14 heteroatoms. The molecule has 2 aliphatic rings. The van der Waals surface area contributed by atoms with E-state index < -0.39 is 54.0 Å². The molecule has 5 N–H and O–H groups in total. The Balaban J connectivity index is 1.70. The normalized spacial score (nSPS) is 25.1. The number of aliphatic hydroxyl groups is 4. The van der Waals surface area contributed by atoms with Crippen LogP contribution in [0.25, 0.3) is 43.7 Å². The molecular formula is C26H21N5O9. The van der Waals surface area contributed by atoms with Crippen molar-refractivity contribution in [1.29, 1.82) is 0 Å². The molecule has 2 aromatic carbocycles. The summed E-state index contributed by atoms with van der Waals surface area (Å²) in [5.41, 5.74) is 1.18. The Labute approximate surface area is 222 Å². The Kier molecular flexibility index (Phi) is 5.08. The van der Waals surface area contributed by atoms with Gasteiger partial charge in [-0.25, -0.2) is 4.98 Å². The van der Waals surface area contributed by atoms with Crippen LogP contribution in [0.2, 0.25) is 0 Å². The van der Waals surface area contributed by atoms with Gasteiger partial charge in [-0.05, 0) is 18.2 Å². The molecule has 0 spiro atoms. The smallest absolute Gasteiger partial charge is 0.270 e. The zero-order valence-electron chi connectivity index (χ0n) is 20.7. The quantitative estimate of drug-likeness (QED) is 0.123. The van der Waals surface area contributed by atoms with Gasteiger partial charge in [0.05, 0.1) is 33.7 Å². The maximum atomic E-state index is 13.6. The van der Waals surface area contributed by atoms with Crippen LogP contribution in [0, 0.1) is 10.1 Å². The number of pyridine rings is 1. The van der Waals surface area contributed by atoms with Gasteiger partial charge in [-0.2, -0.15) is 0 Å². The number of fused-ring (bicyclic) bond motifs is 10. The van der Waals surface area contributed by atoms with Crippen molar-refractivity contribution in [1.82, 2.24) is 19.4 Å². The summed E-state index contributed by atoms with van der Waals surface area (Å²) in [6.45, 7) is -0.662. The molecule has 5 atom stereocenters. The third kappa shape index (κ3) is 2.96. The first-order valence-corrected chi connectivity index (χ1v) is 12.3. The molecule has 0 saturated carbocycles. The molecule has 5 aromatic rings. The number of aromatic amines is 1. The predicted octanol–water partition coefficient (Wildman–Crippen LogP) is 0.930. The fourth-order valence-corrected chi connectivity index (χ4v) is 6.02. The number of carbonyl (C=O) groups is 2. The van der Waals surface area contributed by atoms with Crippen LogP contribution in [0.3, 0.4) is 0 Å². The number of rotatable bonds is 3. The molecule has 7 rings (SSSR count). The third-order valence-corrected chi connectivity index (χ3v) is 7.90. The molecule has 40 heavy (non-hydrogen) atoms. The van der Waals surface area contributed by atoms with Crippen molar-refractivity contribution in [2.45, 2.75) is 30.6 Å². The summed E-state index contributed by atoms with van der Waals surface area (Å²) in [5.74, 6) is -1.18. The van der Waals surface area contributed by atoms with Crippen molar-refractivity contribution in [2.75, 3.05) is 13.7 Å². The van der Waals surface area contributed by atoms with E-state index >= 15 is 0 Å². The van der Waals surface area contributed by atoms with Crippen LogP contribution in [0.1, 0.15) is 26.9 Å². The van der Waals surface area contributed by atoms with Crippen molar-refractivity contribution < 1.29 is 39.7 Å². The summed E-state index contributed by atoms with van der Waals surface area (Å²) in [6, 6.07) is 7.44. The van der Waals surface area contributed by atoms with Crippen LogP contribution in [-0.4, -0.2) is 94.7 Å². The number of hydrogen-bond donors (Lipinski definition) is 5. The topological polar surface area (TPSA) is 204 Å². The SMILES string of the molecule is CN1C(=O)c2c(c3c4cccnc4n([C@@H]4O[C@H](CO)[C@@H](O)[C@H](O)[C@H]4O)c3c3[nH]c4ccc([N+](=O)[O-])cc4c23)C1=O. The fraction of sp³-hybridized carbons (Fsp3) is 0.269. The molecule has 3 aromatic heterocycles. The van der Waals surface area contributed by atoms with Gasteiger partial charge in [-0.15, -0.1) is 0 Å². The van der Waals surface area contributed by atoms with Crippen molar-refractivity contribution >= 4 is 61.2 Å². The lowest BCUT2D eigenvalue weighted by atomic mass is 9.96. The molecule has 2 aliphatic heterocycles. The van der Waals surface area contributed by atoms with Gasteiger partial charge in [0.1, 0.15) is 30.1 Å². The minimum Gasteiger partial charge on any atom is -0.394 e. The number of amides is 2. The number of nitro groups is 1. The average Bonchev–Trinajstić information content (AvgIpc) is 3.56. The number of nitrogens with zero attached hydrogens (tertiary/aromatic N) is 4. The molecule has 1 saturated heterocycles. The van der Waals surface area contributed by atoms with Crippen molar-refractivity contribution in [3.05, 3.63) is 57.8 Å². The maximum Gasteiger partial charge on any atom is 0.270 e. The Morgan fingerprint density at radius 1 is 1.05 bits per heavy atom. The fourth-order valence-electron chi connectivity index (χ4n) is 6.02. The molecule has 5 heterocycles. The molecule has 14 nitrogen and oxygen atoms in total. The number of carbonyl (C=O) groups excluding carboxylic acids is 2. The highest BCUT2D eigenvalue weighted by molar-refractivity contribution is 6.39. The lowest BCUT2D eigenvalue weighted by molar-refractivity contribution is -0.384. The second-order valence-electron chi connectivity index (χ2n) is 9.97. The number of nitrogens with one attached hydrogen (secondary N) is 1. The third-order valence-electron chi connectivity index (χ3n) is 7.90. The summed E-state index contributed by atoms with van der Waals surface area (Å²) in [4.78, 5) is 46.7. The van der Waals surface area contributed by atoms with E-state index in [2.05, 4.69) is 9.97 Å². The van der Waals surface area contributed by atoms with E-state index in [-0.39, 0.29) is 33.4 Å². The van der Waals surface area contributed by atoms with Crippen molar-refractivity contribution in [3.63, 3.8) is 0 Å². The predicted molar refractivity (Wildman–Crippen MR) is 139 cm³/mol. The first-order chi connectivity index (χ1) is 19.1. The summed E-state index contributed by atoms with van der Waals surface area (Å²) in [5, 5.41) is 54.8. The van der Waals surface area contributed by atoms with Crippen LogP contribution >= 0.6 is 0 Å². The summed E-state index contributed by atoms with van der Waals surface area (Å²) >= 11 is 0. The Bertz CT molecular complexity index is 1940. The highest BCUT2D eigenvalue weighted by Gasteiger charge is 2.47. The Morgan fingerprint density at radius 2 is 1.77 bits per heavy atom. The number of non-ortho nitro benzene ring substituents is 1. The zero-order valence-corrected chi connectivity index (χ0v) is 20.7. The van der Waals surface area contributed by atoms with E-state index in [1.54, 1.807) is 12.1 Å². The van der Waals surface area contributed by atoms with Crippen molar-refractivity contribution in [2.24, 2.45) is 0 Å². The number of aromatic nitrogens is 3. The number of ether oxygens (including phenoxy) is 1. The van der Waals surface area contributed by atoms with Gasteiger partial charge in [0.25, 0.3) is 17.5 Å². The summed E-state index contributed by atoms with van der Waals surface area (Å²) in [6.07, 6.45) is -6.14. The molecule has 204 valence electrons. The molecule has 2 amide bonds. The van der Waals surface area contributed by atoms with Gasteiger partial charge in [0.15, 0.2) is 6.23 Å². The van der Waals surface area contributed by atoms with E-state index in [9.17, 15) is 40.1 Å². The Morgan fingerprint density at radius 3 is 2.48 bits per heavy atom. The van der Waals surface area contributed by atoms with Gasteiger partial charge in [0.2, 0.25) is 0 Å². The molecule has 0 bridgehead atoms. The number of hydrogen-bond acceptors (Lipinski definition) is 10. The largest absolute Gasteiger partial charge is 0.394 e. The minimum absolute atomic E-state index is 0.0590. The highest BCUT2D eigenvalue weighted by atomic mass is 16.6.